The maximum absolute atomic E-state index is 12.9. The average molecular weight is 203 g/mol. The van der Waals surface area contributed by atoms with Crippen molar-refractivity contribution in [2.24, 2.45) is 11.8 Å². The van der Waals surface area contributed by atoms with E-state index in [0.29, 0.717) is 24.8 Å². The molecule has 0 saturated heterocycles. The summed E-state index contributed by atoms with van der Waals surface area (Å²) in [6.45, 7) is 0. The van der Waals surface area contributed by atoms with Crippen molar-refractivity contribution in [1.82, 2.24) is 5.32 Å². The van der Waals surface area contributed by atoms with Crippen LogP contribution in [0.1, 0.15) is 38.5 Å². The van der Waals surface area contributed by atoms with Gasteiger partial charge in [-0.05, 0) is 44.6 Å². The summed E-state index contributed by atoms with van der Waals surface area (Å²) >= 11 is 0. The molecule has 0 bridgehead atoms. The molecule has 0 amide bonds. The molecule has 1 atom stereocenters. The summed E-state index contributed by atoms with van der Waals surface area (Å²) in [5.74, 6) is -1.11. The molecule has 0 aliphatic heterocycles. The molecule has 0 aromatic carbocycles. The first-order valence-electron chi connectivity index (χ1n) is 5.67. The molecule has 0 spiro atoms. The standard InChI is InChI=1S/C11H19F2N/c1-14-10(8-2-3-8)9-4-6-11(12,13)7-5-9/h8-10,14H,2-7H2,1H3. The fourth-order valence-electron chi connectivity index (χ4n) is 2.73. The lowest BCUT2D eigenvalue weighted by molar-refractivity contribution is -0.0501. The second-order valence-corrected chi connectivity index (χ2v) is 4.85. The first kappa shape index (κ1) is 10.3. The van der Waals surface area contributed by atoms with E-state index in [0.717, 1.165) is 5.92 Å². The monoisotopic (exact) mass is 203 g/mol. The van der Waals surface area contributed by atoms with Crippen LogP contribution in [-0.4, -0.2) is 19.0 Å². The minimum Gasteiger partial charge on any atom is -0.316 e. The average Bonchev–Trinajstić information content (AvgIpc) is 2.93. The molecule has 0 heterocycles. The Bertz CT molecular complexity index is 191. The van der Waals surface area contributed by atoms with Crippen molar-refractivity contribution in [2.75, 3.05) is 7.05 Å². The third kappa shape index (κ3) is 2.25. The van der Waals surface area contributed by atoms with Crippen molar-refractivity contribution >= 4 is 0 Å². The van der Waals surface area contributed by atoms with Crippen LogP contribution in [-0.2, 0) is 0 Å². The van der Waals surface area contributed by atoms with Crippen molar-refractivity contribution in [1.29, 1.82) is 0 Å². The number of halogens is 2. The van der Waals surface area contributed by atoms with Crippen LogP contribution in [0, 0.1) is 11.8 Å². The highest BCUT2D eigenvalue weighted by atomic mass is 19.3. The molecule has 14 heavy (non-hydrogen) atoms. The van der Waals surface area contributed by atoms with Crippen LogP contribution in [0.3, 0.4) is 0 Å². The fourth-order valence-corrected chi connectivity index (χ4v) is 2.73. The molecular weight excluding hydrogens is 184 g/mol. The fraction of sp³-hybridized carbons (Fsp3) is 1.00. The second-order valence-electron chi connectivity index (χ2n) is 4.85. The first-order chi connectivity index (χ1) is 6.62. The zero-order chi connectivity index (χ0) is 10.2. The summed E-state index contributed by atoms with van der Waals surface area (Å²) in [7, 11) is 1.97. The number of nitrogens with one attached hydrogen (secondary N) is 1. The van der Waals surface area contributed by atoms with E-state index in [2.05, 4.69) is 5.32 Å². The summed E-state index contributed by atoms with van der Waals surface area (Å²) in [6.07, 6.45) is 4.19. The van der Waals surface area contributed by atoms with Crippen molar-refractivity contribution in [2.45, 2.75) is 50.5 Å². The van der Waals surface area contributed by atoms with E-state index < -0.39 is 5.92 Å². The van der Waals surface area contributed by atoms with E-state index in [-0.39, 0.29) is 12.8 Å². The summed E-state index contributed by atoms with van der Waals surface area (Å²) in [6, 6.07) is 0.506. The molecule has 2 aliphatic carbocycles. The van der Waals surface area contributed by atoms with E-state index >= 15 is 0 Å². The Morgan fingerprint density at radius 3 is 2.00 bits per heavy atom. The van der Waals surface area contributed by atoms with Crippen LogP contribution >= 0.6 is 0 Å². The molecule has 1 nitrogen and oxygen atoms in total. The number of alkyl halides is 2. The van der Waals surface area contributed by atoms with Crippen LogP contribution in [0.2, 0.25) is 0 Å². The Kier molecular flexibility index (Phi) is 2.78. The van der Waals surface area contributed by atoms with E-state index in [9.17, 15) is 8.78 Å². The van der Waals surface area contributed by atoms with Gasteiger partial charge in [-0.1, -0.05) is 0 Å². The molecule has 2 fully saturated rings. The maximum atomic E-state index is 12.9. The Hall–Kier alpha value is -0.180. The molecule has 2 rings (SSSR count). The molecular formula is C11H19F2N. The zero-order valence-electron chi connectivity index (χ0n) is 8.73. The lowest BCUT2D eigenvalue weighted by Gasteiger charge is -2.33. The summed E-state index contributed by atoms with van der Waals surface area (Å²) in [5, 5.41) is 3.32. The van der Waals surface area contributed by atoms with Crippen molar-refractivity contribution in [3.63, 3.8) is 0 Å². The molecule has 2 saturated carbocycles. The molecule has 0 aromatic rings. The van der Waals surface area contributed by atoms with Crippen molar-refractivity contribution in [3.8, 4) is 0 Å². The number of hydrogen-bond donors (Lipinski definition) is 1. The van der Waals surface area contributed by atoms with Gasteiger partial charge < -0.3 is 5.32 Å². The summed E-state index contributed by atoms with van der Waals surface area (Å²) in [4.78, 5) is 0. The predicted octanol–water partition coefficient (Wildman–Crippen LogP) is 2.81. The van der Waals surface area contributed by atoms with Gasteiger partial charge in [0, 0.05) is 18.9 Å². The van der Waals surface area contributed by atoms with Gasteiger partial charge in [-0.2, -0.15) is 0 Å². The van der Waals surface area contributed by atoms with Gasteiger partial charge in [-0.25, -0.2) is 8.78 Å². The highest BCUT2D eigenvalue weighted by Crippen LogP contribution is 2.43. The van der Waals surface area contributed by atoms with Crippen molar-refractivity contribution in [3.05, 3.63) is 0 Å². The van der Waals surface area contributed by atoms with Crippen LogP contribution < -0.4 is 5.32 Å². The Morgan fingerprint density at radius 2 is 1.57 bits per heavy atom. The number of rotatable bonds is 3. The van der Waals surface area contributed by atoms with Crippen LogP contribution in [0.5, 0.6) is 0 Å². The molecule has 0 aromatic heterocycles. The van der Waals surface area contributed by atoms with E-state index in [1.165, 1.54) is 12.8 Å². The van der Waals surface area contributed by atoms with Gasteiger partial charge in [0.2, 0.25) is 5.92 Å². The third-order valence-electron chi connectivity index (χ3n) is 3.73. The van der Waals surface area contributed by atoms with Crippen molar-refractivity contribution < 1.29 is 8.78 Å². The van der Waals surface area contributed by atoms with Crippen LogP contribution in [0.15, 0.2) is 0 Å². The Labute approximate surface area is 84.3 Å². The summed E-state index contributed by atoms with van der Waals surface area (Å²) < 4.78 is 25.9. The van der Waals surface area contributed by atoms with E-state index in [1.807, 2.05) is 7.05 Å². The van der Waals surface area contributed by atoms with Gasteiger partial charge in [0.1, 0.15) is 0 Å². The van der Waals surface area contributed by atoms with Gasteiger partial charge in [-0.3, -0.25) is 0 Å². The molecule has 3 heteroatoms. The SMILES string of the molecule is CNC(C1CC1)C1CCC(F)(F)CC1. The Morgan fingerprint density at radius 1 is 1.07 bits per heavy atom. The normalized spacial score (nSPS) is 30.2. The quantitative estimate of drug-likeness (QED) is 0.743. The molecule has 1 N–H and O–H groups in total. The van der Waals surface area contributed by atoms with E-state index in [1.54, 1.807) is 0 Å². The van der Waals surface area contributed by atoms with Gasteiger partial charge >= 0.3 is 0 Å². The van der Waals surface area contributed by atoms with Gasteiger partial charge in [0.15, 0.2) is 0 Å². The highest BCUT2D eigenvalue weighted by Gasteiger charge is 2.41. The minimum absolute atomic E-state index is 0.0998. The Balaban J connectivity index is 1.86. The lowest BCUT2D eigenvalue weighted by atomic mass is 9.80. The lowest BCUT2D eigenvalue weighted by Crippen LogP contribution is -2.39. The molecule has 0 radical (unpaired) electrons. The number of hydrogen-bond acceptors (Lipinski definition) is 1. The van der Waals surface area contributed by atoms with Crippen LogP contribution in [0.4, 0.5) is 8.78 Å². The third-order valence-corrected chi connectivity index (χ3v) is 3.73. The largest absolute Gasteiger partial charge is 0.316 e. The molecule has 2 aliphatic rings. The topological polar surface area (TPSA) is 12.0 Å². The van der Waals surface area contributed by atoms with Gasteiger partial charge in [-0.15, -0.1) is 0 Å². The summed E-state index contributed by atoms with van der Waals surface area (Å²) in [5.41, 5.74) is 0. The van der Waals surface area contributed by atoms with E-state index in [4.69, 9.17) is 0 Å². The van der Waals surface area contributed by atoms with Gasteiger partial charge in [0.25, 0.3) is 0 Å². The molecule has 1 unspecified atom stereocenters. The van der Waals surface area contributed by atoms with Crippen LogP contribution in [0.25, 0.3) is 0 Å². The zero-order valence-corrected chi connectivity index (χ0v) is 8.73. The maximum Gasteiger partial charge on any atom is 0.248 e. The first-order valence-corrected chi connectivity index (χ1v) is 5.67. The molecule has 82 valence electrons. The minimum atomic E-state index is -2.38. The highest BCUT2D eigenvalue weighted by molar-refractivity contribution is 4.93. The second kappa shape index (κ2) is 3.76. The van der Waals surface area contributed by atoms with Gasteiger partial charge in [0.05, 0.1) is 0 Å². The predicted molar refractivity (Wildman–Crippen MR) is 52.5 cm³/mol. The smallest absolute Gasteiger partial charge is 0.248 e.